The molecule has 0 aromatic heterocycles. The Morgan fingerprint density at radius 2 is 0.500 bits per heavy atom. The molecule has 376 valence electrons. The van der Waals surface area contributed by atoms with E-state index >= 15 is 0 Å². The van der Waals surface area contributed by atoms with Gasteiger partial charge in [-0.1, -0.05) is 164 Å². The molecular weight excluding hydrogens is 977 g/mol. The molecule has 0 saturated carbocycles. The number of rotatable bonds is 0. The van der Waals surface area contributed by atoms with E-state index in [-0.39, 0.29) is 0 Å². The SMILES string of the molecule is c1ccc2c3cc(cc2c1)OCc1cc2ccc4cc(cc5ccc(c1)c2c45)COc1ccc2ccccc2c1-c1c(ccc2ccccc12)OCc1cc2ccc4cc(cc5ccc(c1)c2c45)COc1ccc2ccccc2c1-3. The zero-order valence-corrected chi connectivity index (χ0v) is 43.6. The summed E-state index contributed by atoms with van der Waals surface area (Å²) in [4.78, 5) is 0. The molecule has 0 N–H and O–H groups in total. The van der Waals surface area contributed by atoms with E-state index in [9.17, 15) is 0 Å². The normalized spacial score (nSPS) is 13.2. The minimum atomic E-state index is 0.388. The Hall–Kier alpha value is -10.2. The molecule has 0 saturated heterocycles. The van der Waals surface area contributed by atoms with Crippen LogP contribution in [0.3, 0.4) is 0 Å². The lowest BCUT2D eigenvalue weighted by Gasteiger charge is -2.20. The highest BCUT2D eigenvalue weighted by Crippen LogP contribution is 2.48. The number of hydrogen-bond acceptors (Lipinski definition) is 4. The number of hydrogen-bond donors (Lipinski definition) is 0. The van der Waals surface area contributed by atoms with Crippen molar-refractivity contribution in [3.63, 3.8) is 0 Å². The minimum absolute atomic E-state index is 0.388. The van der Waals surface area contributed by atoms with Gasteiger partial charge in [0.05, 0.1) is 0 Å². The Morgan fingerprint density at radius 1 is 0.212 bits per heavy atom. The average molecular weight is 1030 g/mol. The van der Waals surface area contributed by atoms with Crippen LogP contribution in [0.15, 0.2) is 243 Å². The van der Waals surface area contributed by atoms with Gasteiger partial charge in [0.15, 0.2) is 0 Å². The second kappa shape index (κ2) is 17.7. The third kappa shape index (κ3) is 7.22. The first kappa shape index (κ1) is 44.9. The predicted octanol–water partition coefficient (Wildman–Crippen LogP) is 20.1. The second-order valence-electron chi connectivity index (χ2n) is 21.8. The fraction of sp³-hybridized carbons (Fsp3) is 0.0526. The number of benzene rings is 16. The van der Waals surface area contributed by atoms with Crippen molar-refractivity contribution >= 4 is 108 Å². The Labute approximate surface area is 460 Å². The van der Waals surface area contributed by atoms with Crippen molar-refractivity contribution in [2.75, 3.05) is 0 Å². The Morgan fingerprint density at radius 3 is 0.875 bits per heavy atom. The molecule has 11 aliphatic heterocycles. The molecule has 11 aliphatic rings. The molecule has 27 rings (SSSR count). The van der Waals surface area contributed by atoms with Crippen LogP contribution in [0.2, 0.25) is 0 Å². The third-order valence-corrected chi connectivity index (χ3v) is 16.9. The van der Waals surface area contributed by atoms with Gasteiger partial charge in [-0.25, -0.2) is 0 Å². The Bertz CT molecular complexity index is 5080. The number of fused-ring (bicyclic) bond motifs is 4. The monoisotopic (exact) mass is 1020 g/mol. The molecule has 18 bridgehead atoms. The lowest BCUT2D eigenvalue weighted by atomic mass is 9.91. The fourth-order valence-corrected chi connectivity index (χ4v) is 13.4. The lowest BCUT2D eigenvalue weighted by Crippen LogP contribution is -2.01. The molecule has 4 heteroatoms. The first-order valence-corrected chi connectivity index (χ1v) is 27.6. The van der Waals surface area contributed by atoms with Crippen LogP contribution < -0.4 is 18.9 Å². The summed E-state index contributed by atoms with van der Waals surface area (Å²) in [6.07, 6.45) is 0. The van der Waals surface area contributed by atoms with Crippen LogP contribution in [-0.4, -0.2) is 0 Å². The Kier molecular flexibility index (Phi) is 9.93. The summed E-state index contributed by atoms with van der Waals surface area (Å²) in [5.41, 5.74) is 8.59. The van der Waals surface area contributed by atoms with Crippen LogP contribution in [0.4, 0.5) is 0 Å². The summed E-state index contributed by atoms with van der Waals surface area (Å²) in [6.45, 7) is 1.59. The smallest absolute Gasteiger partial charge is 0.128 e. The molecule has 0 amide bonds. The maximum atomic E-state index is 7.09. The molecular formula is C76H48O4. The summed E-state index contributed by atoms with van der Waals surface area (Å²) >= 11 is 0. The van der Waals surface area contributed by atoms with Crippen molar-refractivity contribution in [1.29, 1.82) is 0 Å². The summed E-state index contributed by atoms with van der Waals surface area (Å²) in [6, 6.07) is 88.2. The predicted molar refractivity (Wildman–Crippen MR) is 331 cm³/mol. The standard InChI is InChI=1S/C76H48O4/c1-6-14-63-49(9-1)25-28-67-74(63)66-40-61(39-52-12-4-5-13-62(52)66)77-41-45-31-53-17-19-57-35-47(36-58-20-18-54(32-45)70(53)71(57)58)43-79-68-29-26-50-10-2-7-15-64(50)75(68)76-65-16-8-3-11-51(65)27-30-69(76)80-44-48-37-59-23-21-55-33-46(42-78-67)34-56-22-24-60(38-48)73(59)72(55)56/h1-40H,41-44H2. The third-order valence-electron chi connectivity index (χ3n) is 16.9. The molecule has 0 atom stereocenters. The quantitative estimate of drug-likeness (QED) is 0.142. The molecule has 80 heavy (non-hydrogen) atoms. The van der Waals surface area contributed by atoms with E-state index in [1.165, 1.54) is 64.6 Å². The van der Waals surface area contributed by atoms with Crippen LogP contribution in [-0.2, 0) is 26.4 Å². The molecule has 0 unspecified atom stereocenters. The van der Waals surface area contributed by atoms with Crippen molar-refractivity contribution in [3.05, 3.63) is 265 Å². The lowest BCUT2D eigenvalue weighted by molar-refractivity contribution is 0.303. The van der Waals surface area contributed by atoms with Crippen LogP contribution in [0.1, 0.15) is 22.3 Å². The summed E-state index contributed by atoms with van der Waals surface area (Å²) in [5, 5.41) is 23.6. The summed E-state index contributed by atoms with van der Waals surface area (Å²) in [5.74, 6) is 3.25. The van der Waals surface area contributed by atoms with Gasteiger partial charge < -0.3 is 18.9 Å². The topological polar surface area (TPSA) is 36.9 Å². The van der Waals surface area contributed by atoms with Crippen molar-refractivity contribution in [2.24, 2.45) is 0 Å². The Balaban J connectivity index is 0.838. The molecule has 0 radical (unpaired) electrons. The average Bonchev–Trinajstić information content (AvgIpc) is 3.61. The molecule has 11 heterocycles. The van der Waals surface area contributed by atoms with E-state index in [1.54, 1.807) is 0 Å². The zero-order valence-electron chi connectivity index (χ0n) is 43.6. The van der Waals surface area contributed by atoms with Gasteiger partial charge in [-0.3, -0.25) is 0 Å². The largest absolute Gasteiger partial charge is 0.489 e. The van der Waals surface area contributed by atoms with Gasteiger partial charge in [0.2, 0.25) is 0 Å². The zero-order chi connectivity index (χ0) is 52.4. The maximum Gasteiger partial charge on any atom is 0.128 e. The molecule has 0 aliphatic carbocycles. The highest BCUT2D eigenvalue weighted by Gasteiger charge is 2.22. The number of ether oxygens (including phenoxy) is 4. The molecule has 16 aromatic carbocycles. The first-order chi connectivity index (χ1) is 39.6. The van der Waals surface area contributed by atoms with E-state index < -0.39 is 0 Å². The van der Waals surface area contributed by atoms with Crippen LogP contribution in [0.25, 0.3) is 130 Å². The molecule has 16 aromatic rings. The molecule has 0 fully saturated rings. The van der Waals surface area contributed by atoms with E-state index in [4.69, 9.17) is 18.9 Å². The van der Waals surface area contributed by atoms with Crippen molar-refractivity contribution in [2.45, 2.75) is 26.4 Å². The van der Waals surface area contributed by atoms with Gasteiger partial charge in [-0.2, -0.15) is 0 Å². The van der Waals surface area contributed by atoms with Gasteiger partial charge in [0.1, 0.15) is 49.4 Å². The van der Waals surface area contributed by atoms with Crippen LogP contribution >= 0.6 is 0 Å². The van der Waals surface area contributed by atoms with Gasteiger partial charge in [0, 0.05) is 16.7 Å². The summed E-state index contributed by atoms with van der Waals surface area (Å²) in [7, 11) is 0. The van der Waals surface area contributed by atoms with E-state index in [0.717, 1.165) is 111 Å². The van der Waals surface area contributed by atoms with E-state index in [2.05, 4.69) is 243 Å². The summed E-state index contributed by atoms with van der Waals surface area (Å²) < 4.78 is 28.1. The second-order valence-corrected chi connectivity index (χ2v) is 21.8. The molecule has 4 nitrogen and oxygen atoms in total. The van der Waals surface area contributed by atoms with Gasteiger partial charge >= 0.3 is 0 Å². The maximum absolute atomic E-state index is 7.09. The van der Waals surface area contributed by atoms with Crippen LogP contribution in [0.5, 0.6) is 23.0 Å². The van der Waals surface area contributed by atoms with E-state index in [0.29, 0.717) is 26.4 Å². The van der Waals surface area contributed by atoms with E-state index in [1.807, 2.05) is 0 Å². The highest BCUT2D eigenvalue weighted by atomic mass is 16.5. The van der Waals surface area contributed by atoms with Crippen molar-refractivity contribution in [3.8, 4) is 45.3 Å². The van der Waals surface area contributed by atoms with Crippen molar-refractivity contribution < 1.29 is 18.9 Å². The van der Waals surface area contributed by atoms with Crippen molar-refractivity contribution in [1.82, 2.24) is 0 Å². The van der Waals surface area contributed by atoms with Gasteiger partial charge in [0.25, 0.3) is 0 Å². The van der Waals surface area contributed by atoms with Crippen LogP contribution in [0, 0.1) is 0 Å². The first-order valence-electron chi connectivity index (χ1n) is 27.6. The minimum Gasteiger partial charge on any atom is -0.489 e. The van der Waals surface area contributed by atoms with Gasteiger partial charge in [-0.05, 0) is 214 Å². The fourth-order valence-electron chi connectivity index (χ4n) is 13.4. The van der Waals surface area contributed by atoms with Gasteiger partial charge in [-0.15, -0.1) is 0 Å². The molecule has 0 spiro atoms. The highest BCUT2D eigenvalue weighted by molar-refractivity contribution is 6.24.